The van der Waals surface area contributed by atoms with Crippen LogP contribution in [0.4, 0.5) is 5.69 Å². The SMILES string of the molecule is CCCNC(C)c1ccccc1NC(=O)c1ccncc1. The number of nitrogens with one attached hydrogen (secondary N) is 2. The van der Waals surface area contributed by atoms with Crippen LogP contribution in [0.5, 0.6) is 0 Å². The largest absolute Gasteiger partial charge is 0.322 e. The summed E-state index contributed by atoms with van der Waals surface area (Å²) in [7, 11) is 0. The first kappa shape index (κ1) is 15.2. The Morgan fingerprint density at radius 3 is 2.62 bits per heavy atom. The number of pyridine rings is 1. The summed E-state index contributed by atoms with van der Waals surface area (Å²) < 4.78 is 0. The minimum absolute atomic E-state index is 0.118. The van der Waals surface area contributed by atoms with Gasteiger partial charge in [-0.15, -0.1) is 0 Å². The summed E-state index contributed by atoms with van der Waals surface area (Å²) in [5, 5.41) is 6.42. The molecule has 2 rings (SSSR count). The van der Waals surface area contributed by atoms with Crippen LogP contribution in [0, 0.1) is 0 Å². The van der Waals surface area contributed by atoms with Crippen molar-refractivity contribution in [3.05, 3.63) is 59.9 Å². The number of carbonyl (C=O) groups is 1. The van der Waals surface area contributed by atoms with E-state index in [-0.39, 0.29) is 11.9 Å². The Morgan fingerprint density at radius 2 is 1.90 bits per heavy atom. The number of hydrogen-bond acceptors (Lipinski definition) is 3. The molecule has 0 aliphatic heterocycles. The van der Waals surface area contributed by atoms with Crippen molar-refractivity contribution in [2.24, 2.45) is 0 Å². The van der Waals surface area contributed by atoms with Crippen molar-refractivity contribution < 1.29 is 4.79 Å². The van der Waals surface area contributed by atoms with E-state index in [0.29, 0.717) is 5.56 Å². The predicted octanol–water partition coefficient (Wildman–Crippen LogP) is 3.39. The number of aromatic nitrogens is 1. The van der Waals surface area contributed by atoms with Crippen molar-refractivity contribution in [3.63, 3.8) is 0 Å². The van der Waals surface area contributed by atoms with Gasteiger partial charge in [0.1, 0.15) is 0 Å². The highest BCUT2D eigenvalue weighted by Gasteiger charge is 2.12. The van der Waals surface area contributed by atoms with Gasteiger partial charge in [0.25, 0.3) is 5.91 Å². The standard InChI is InChI=1S/C17H21N3O/c1-3-10-19-13(2)15-6-4-5-7-16(15)20-17(21)14-8-11-18-12-9-14/h4-9,11-13,19H,3,10H2,1-2H3,(H,20,21). The number of hydrogen-bond donors (Lipinski definition) is 2. The Kier molecular flexibility index (Phi) is 5.46. The van der Waals surface area contributed by atoms with E-state index in [2.05, 4.69) is 29.5 Å². The van der Waals surface area contributed by atoms with E-state index < -0.39 is 0 Å². The molecular weight excluding hydrogens is 262 g/mol. The molecule has 0 saturated carbocycles. The Labute approximate surface area is 125 Å². The second kappa shape index (κ2) is 7.55. The third-order valence-corrected chi connectivity index (χ3v) is 3.32. The molecule has 0 aliphatic rings. The fourth-order valence-electron chi connectivity index (χ4n) is 2.16. The van der Waals surface area contributed by atoms with Crippen LogP contribution in [0.3, 0.4) is 0 Å². The van der Waals surface area contributed by atoms with Gasteiger partial charge in [-0.05, 0) is 43.7 Å². The molecule has 1 unspecified atom stereocenters. The highest BCUT2D eigenvalue weighted by molar-refractivity contribution is 6.04. The van der Waals surface area contributed by atoms with Crippen LogP contribution in [0.2, 0.25) is 0 Å². The van der Waals surface area contributed by atoms with Crippen molar-refractivity contribution in [1.82, 2.24) is 10.3 Å². The molecule has 1 heterocycles. The number of nitrogens with zero attached hydrogens (tertiary/aromatic N) is 1. The first-order valence-electron chi connectivity index (χ1n) is 7.26. The van der Waals surface area contributed by atoms with Crippen LogP contribution in [0.15, 0.2) is 48.8 Å². The van der Waals surface area contributed by atoms with E-state index in [1.807, 2.05) is 24.3 Å². The molecule has 1 aromatic heterocycles. The summed E-state index contributed by atoms with van der Waals surface area (Å²) in [6, 6.07) is 11.5. The van der Waals surface area contributed by atoms with Gasteiger partial charge in [0.05, 0.1) is 0 Å². The fraction of sp³-hybridized carbons (Fsp3) is 0.294. The second-order valence-electron chi connectivity index (χ2n) is 4.95. The van der Waals surface area contributed by atoms with E-state index in [1.165, 1.54) is 0 Å². The number of amides is 1. The van der Waals surface area contributed by atoms with E-state index in [9.17, 15) is 4.79 Å². The number of rotatable bonds is 6. The fourth-order valence-corrected chi connectivity index (χ4v) is 2.16. The predicted molar refractivity (Wildman–Crippen MR) is 85.3 cm³/mol. The highest BCUT2D eigenvalue weighted by atomic mass is 16.1. The minimum Gasteiger partial charge on any atom is -0.322 e. The lowest BCUT2D eigenvalue weighted by Gasteiger charge is -2.18. The van der Waals surface area contributed by atoms with Gasteiger partial charge in [-0.2, -0.15) is 0 Å². The van der Waals surface area contributed by atoms with Crippen molar-refractivity contribution in [3.8, 4) is 0 Å². The van der Waals surface area contributed by atoms with Crippen molar-refractivity contribution in [1.29, 1.82) is 0 Å². The average molecular weight is 283 g/mol. The molecule has 0 radical (unpaired) electrons. The number of benzene rings is 1. The monoisotopic (exact) mass is 283 g/mol. The zero-order chi connectivity index (χ0) is 15.1. The van der Waals surface area contributed by atoms with Crippen LogP contribution in [0.25, 0.3) is 0 Å². The van der Waals surface area contributed by atoms with Crippen molar-refractivity contribution in [2.45, 2.75) is 26.3 Å². The van der Waals surface area contributed by atoms with Gasteiger partial charge in [-0.3, -0.25) is 9.78 Å². The summed E-state index contributed by atoms with van der Waals surface area (Å²) in [6.45, 7) is 5.19. The molecule has 2 N–H and O–H groups in total. The Balaban J connectivity index is 2.15. The summed E-state index contributed by atoms with van der Waals surface area (Å²) in [4.78, 5) is 16.2. The molecule has 0 aliphatic carbocycles. The van der Waals surface area contributed by atoms with Gasteiger partial charge in [-0.1, -0.05) is 25.1 Å². The summed E-state index contributed by atoms with van der Waals surface area (Å²) in [5.74, 6) is -0.118. The first-order chi connectivity index (χ1) is 10.2. The lowest BCUT2D eigenvalue weighted by molar-refractivity contribution is 0.102. The molecule has 1 amide bonds. The van der Waals surface area contributed by atoms with Crippen LogP contribution in [-0.4, -0.2) is 17.4 Å². The molecule has 0 bridgehead atoms. The highest BCUT2D eigenvalue weighted by Crippen LogP contribution is 2.23. The topological polar surface area (TPSA) is 54.0 Å². The maximum atomic E-state index is 12.2. The van der Waals surface area contributed by atoms with Gasteiger partial charge >= 0.3 is 0 Å². The molecule has 1 aromatic carbocycles. The van der Waals surface area contributed by atoms with Crippen molar-refractivity contribution >= 4 is 11.6 Å². The smallest absolute Gasteiger partial charge is 0.255 e. The quantitative estimate of drug-likeness (QED) is 0.854. The molecule has 1 atom stereocenters. The van der Waals surface area contributed by atoms with Crippen LogP contribution < -0.4 is 10.6 Å². The van der Waals surface area contributed by atoms with Gasteiger partial charge in [-0.25, -0.2) is 0 Å². The van der Waals surface area contributed by atoms with E-state index >= 15 is 0 Å². The number of para-hydroxylation sites is 1. The van der Waals surface area contributed by atoms with Gasteiger partial charge in [0, 0.05) is 29.7 Å². The van der Waals surface area contributed by atoms with Crippen LogP contribution in [-0.2, 0) is 0 Å². The molecule has 21 heavy (non-hydrogen) atoms. The molecule has 0 spiro atoms. The third kappa shape index (κ3) is 4.13. The Bertz CT molecular complexity index is 584. The van der Waals surface area contributed by atoms with Crippen LogP contribution in [0.1, 0.15) is 42.2 Å². The lowest BCUT2D eigenvalue weighted by Crippen LogP contribution is -2.21. The molecule has 2 aromatic rings. The molecule has 0 fully saturated rings. The number of carbonyl (C=O) groups excluding carboxylic acids is 1. The van der Waals surface area contributed by atoms with Gasteiger partial charge in [0.2, 0.25) is 0 Å². The minimum atomic E-state index is -0.118. The maximum Gasteiger partial charge on any atom is 0.255 e. The van der Waals surface area contributed by atoms with Crippen LogP contribution >= 0.6 is 0 Å². The molecule has 110 valence electrons. The van der Waals surface area contributed by atoms with E-state index in [0.717, 1.165) is 24.2 Å². The average Bonchev–Trinajstić information content (AvgIpc) is 2.54. The Hall–Kier alpha value is -2.20. The summed E-state index contributed by atoms with van der Waals surface area (Å²) in [6.07, 6.45) is 4.31. The molecule has 4 heteroatoms. The maximum absolute atomic E-state index is 12.2. The number of anilines is 1. The first-order valence-corrected chi connectivity index (χ1v) is 7.26. The Morgan fingerprint density at radius 1 is 1.19 bits per heavy atom. The molecular formula is C17H21N3O. The summed E-state index contributed by atoms with van der Waals surface area (Å²) >= 11 is 0. The zero-order valence-electron chi connectivity index (χ0n) is 12.5. The van der Waals surface area contributed by atoms with E-state index in [4.69, 9.17) is 0 Å². The normalized spacial score (nSPS) is 11.9. The summed E-state index contributed by atoms with van der Waals surface area (Å²) in [5.41, 5.74) is 2.54. The molecule has 0 saturated heterocycles. The third-order valence-electron chi connectivity index (χ3n) is 3.32. The van der Waals surface area contributed by atoms with Crippen molar-refractivity contribution in [2.75, 3.05) is 11.9 Å². The van der Waals surface area contributed by atoms with Gasteiger partial charge < -0.3 is 10.6 Å². The molecule has 4 nitrogen and oxygen atoms in total. The second-order valence-corrected chi connectivity index (χ2v) is 4.95. The van der Waals surface area contributed by atoms with E-state index in [1.54, 1.807) is 24.5 Å². The van der Waals surface area contributed by atoms with Gasteiger partial charge in [0.15, 0.2) is 0 Å². The lowest BCUT2D eigenvalue weighted by atomic mass is 10.1. The zero-order valence-corrected chi connectivity index (χ0v) is 12.5.